The normalized spacial score (nSPS) is 10.6. The van der Waals surface area contributed by atoms with Gasteiger partial charge in [-0.05, 0) is 34.5 Å². The number of aromatic amines is 1. The summed E-state index contributed by atoms with van der Waals surface area (Å²) in [7, 11) is 0. The molecule has 2 rings (SSSR count). The lowest BCUT2D eigenvalue weighted by Crippen LogP contribution is -2.13. The van der Waals surface area contributed by atoms with Gasteiger partial charge in [-0.15, -0.1) is 0 Å². The van der Waals surface area contributed by atoms with Crippen molar-refractivity contribution < 1.29 is 9.50 Å². The number of aromatic hydroxyl groups is 1. The minimum absolute atomic E-state index is 0.214. The summed E-state index contributed by atoms with van der Waals surface area (Å²) in [5, 5.41) is 9.34. The van der Waals surface area contributed by atoms with Gasteiger partial charge in [0, 0.05) is 11.6 Å². The number of nitrogens with zero attached hydrogens (tertiary/aromatic N) is 1. The van der Waals surface area contributed by atoms with Crippen molar-refractivity contribution >= 4 is 15.9 Å². The van der Waals surface area contributed by atoms with Crippen LogP contribution < -0.4 is 5.56 Å². The van der Waals surface area contributed by atoms with Crippen molar-refractivity contribution in [2.45, 2.75) is 13.3 Å². The third-order valence-electron chi connectivity index (χ3n) is 2.42. The first-order valence-corrected chi connectivity index (χ1v) is 6.09. The Labute approximate surface area is 111 Å². The van der Waals surface area contributed by atoms with Crippen LogP contribution >= 0.6 is 15.9 Å². The summed E-state index contributed by atoms with van der Waals surface area (Å²) in [5.41, 5.74) is 0.574. The Bertz CT molecular complexity index is 635. The zero-order valence-corrected chi connectivity index (χ0v) is 11.1. The van der Waals surface area contributed by atoms with Crippen LogP contribution in [-0.2, 0) is 6.42 Å². The Morgan fingerprint density at radius 2 is 2.17 bits per heavy atom. The van der Waals surface area contributed by atoms with Gasteiger partial charge in [0.2, 0.25) is 0 Å². The molecule has 1 aromatic heterocycles. The number of aryl methyl sites for hydroxylation is 1. The molecule has 0 aliphatic rings. The SMILES string of the molecule is CCc1nc(-c2cc(O)cc(F)c2)[nH]c(=O)c1Br. The number of nitrogens with one attached hydrogen (secondary N) is 1. The van der Waals surface area contributed by atoms with E-state index in [2.05, 4.69) is 25.9 Å². The van der Waals surface area contributed by atoms with Gasteiger partial charge in [0.15, 0.2) is 0 Å². The van der Waals surface area contributed by atoms with Crippen LogP contribution in [-0.4, -0.2) is 15.1 Å². The van der Waals surface area contributed by atoms with Gasteiger partial charge in [-0.25, -0.2) is 9.37 Å². The predicted molar refractivity (Wildman–Crippen MR) is 69.0 cm³/mol. The third kappa shape index (κ3) is 2.43. The molecule has 4 nitrogen and oxygen atoms in total. The van der Waals surface area contributed by atoms with Crippen LogP contribution in [0.3, 0.4) is 0 Å². The molecule has 0 amide bonds. The summed E-state index contributed by atoms with van der Waals surface area (Å²) in [5.74, 6) is -0.572. The molecule has 1 heterocycles. The molecule has 2 N–H and O–H groups in total. The molecule has 0 bridgehead atoms. The number of phenols is 1. The molecule has 0 atom stereocenters. The molecule has 2 aromatic rings. The van der Waals surface area contributed by atoms with E-state index in [0.29, 0.717) is 22.2 Å². The fraction of sp³-hybridized carbons (Fsp3) is 0.167. The summed E-state index contributed by atoms with van der Waals surface area (Å²) >= 11 is 3.15. The molecule has 0 aliphatic carbocycles. The van der Waals surface area contributed by atoms with Crippen molar-refractivity contribution in [1.82, 2.24) is 9.97 Å². The topological polar surface area (TPSA) is 66.0 Å². The summed E-state index contributed by atoms with van der Waals surface area (Å²) < 4.78 is 13.6. The first-order chi connectivity index (χ1) is 8.51. The first-order valence-electron chi connectivity index (χ1n) is 5.30. The predicted octanol–water partition coefficient (Wildman–Crippen LogP) is 2.61. The van der Waals surface area contributed by atoms with Crippen LogP contribution in [0.2, 0.25) is 0 Å². The van der Waals surface area contributed by atoms with Crippen molar-refractivity contribution in [3.63, 3.8) is 0 Å². The summed E-state index contributed by atoms with van der Waals surface area (Å²) in [6.07, 6.45) is 0.568. The van der Waals surface area contributed by atoms with Gasteiger partial charge < -0.3 is 10.1 Å². The number of hydrogen-bond acceptors (Lipinski definition) is 3. The maximum atomic E-state index is 13.2. The smallest absolute Gasteiger partial charge is 0.265 e. The van der Waals surface area contributed by atoms with E-state index >= 15 is 0 Å². The standard InChI is InChI=1S/C12H10BrFN2O2/c1-2-9-10(13)12(18)16-11(15-9)6-3-7(14)5-8(17)4-6/h3-5,17H,2H2,1H3,(H,15,16,18). The van der Waals surface area contributed by atoms with Crippen LogP contribution in [0.5, 0.6) is 5.75 Å². The summed E-state index contributed by atoms with van der Waals surface area (Å²) in [6, 6.07) is 3.53. The molecule has 0 fully saturated rings. The van der Waals surface area contributed by atoms with Crippen molar-refractivity contribution in [3.05, 3.63) is 44.5 Å². The molecule has 0 aliphatic heterocycles. The van der Waals surface area contributed by atoms with Crippen LogP contribution in [0.15, 0.2) is 27.5 Å². The van der Waals surface area contributed by atoms with Crippen LogP contribution in [0.1, 0.15) is 12.6 Å². The van der Waals surface area contributed by atoms with Gasteiger partial charge in [0.05, 0.1) is 5.69 Å². The van der Waals surface area contributed by atoms with Gasteiger partial charge in [-0.3, -0.25) is 4.79 Å². The quantitative estimate of drug-likeness (QED) is 0.895. The lowest BCUT2D eigenvalue weighted by molar-refractivity contribution is 0.469. The van der Waals surface area contributed by atoms with E-state index in [1.165, 1.54) is 12.1 Å². The maximum absolute atomic E-state index is 13.2. The fourth-order valence-corrected chi connectivity index (χ4v) is 2.06. The van der Waals surface area contributed by atoms with E-state index in [1.807, 2.05) is 6.92 Å². The van der Waals surface area contributed by atoms with Crippen LogP contribution in [0.25, 0.3) is 11.4 Å². The van der Waals surface area contributed by atoms with E-state index in [-0.39, 0.29) is 17.1 Å². The van der Waals surface area contributed by atoms with E-state index in [0.717, 1.165) is 6.07 Å². The number of halogens is 2. The van der Waals surface area contributed by atoms with Crippen molar-refractivity contribution in [1.29, 1.82) is 0 Å². The minimum atomic E-state index is -0.589. The highest BCUT2D eigenvalue weighted by molar-refractivity contribution is 9.10. The average Bonchev–Trinajstić information content (AvgIpc) is 2.31. The lowest BCUT2D eigenvalue weighted by Gasteiger charge is -2.05. The van der Waals surface area contributed by atoms with Crippen molar-refractivity contribution in [2.24, 2.45) is 0 Å². The molecule has 0 spiro atoms. The Morgan fingerprint density at radius 1 is 1.44 bits per heavy atom. The maximum Gasteiger partial charge on any atom is 0.265 e. The number of hydrogen-bond donors (Lipinski definition) is 2. The van der Waals surface area contributed by atoms with E-state index in [9.17, 15) is 14.3 Å². The zero-order valence-electron chi connectivity index (χ0n) is 9.50. The number of benzene rings is 1. The number of rotatable bonds is 2. The highest BCUT2D eigenvalue weighted by atomic mass is 79.9. The Hall–Kier alpha value is -1.69. The average molecular weight is 313 g/mol. The second-order valence-corrected chi connectivity index (χ2v) is 4.52. The number of aromatic nitrogens is 2. The van der Waals surface area contributed by atoms with Gasteiger partial charge >= 0.3 is 0 Å². The molecule has 0 saturated heterocycles. The minimum Gasteiger partial charge on any atom is -0.508 e. The summed E-state index contributed by atoms with van der Waals surface area (Å²) in [4.78, 5) is 18.4. The van der Waals surface area contributed by atoms with E-state index in [1.54, 1.807) is 0 Å². The van der Waals surface area contributed by atoms with E-state index in [4.69, 9.17) is 0 Å². The molecule has 0 unspecified atom stereocenters. The summed E-state index contributed by atoms with van der Waals surface area (Å²) in [6.45, 7) is 1.86. The highest BCUT2D eigenvalue weighted by Crippen LogP contribution is 2.22. The van der Waals surface area contributed by atoms with Gasteiger partial charge in [-0.1, -0.05) is 6.92 Å². The zero-order chi connectivity index (χ0) is 13.3. The van der Waals surface area contributed by atoms with Crippen LogP contribution in [0, 0.1) is 5.82 Å². The molecule has 18 heavy (non-hydrogen) atoms. The van der Waals surface area contributed by atoms with Crippen LogP contribution in [0.4, 0.5) is 4.39 Å². The van der Waals surface area contributed by atoms with Gasteiger partial charge in [-0.2, -0.15) is 0 Å². The molecule has 0 saturated carbocycles. The molecule has 6 heteroatoms. The van der Waals surface area contributed by atoms with Gasteiger partial charge in [0.25, 0.3) is 5.56 Å². The van der Waals surface area contributed by atoms with Gasteiger partial charge in [0.1, 0.15) is 21.9 Å². The molecular weight excluding hydrogens is 303 g/mol. The second kappa shape index (κ2) is 4.89. The monoisotopic (exact) mass is 312 g/mol. The highest BCUT2D eigenvalue weighted by Gasteiger charge is 2.10. The van der Waals surface area contributed by atoms with Crippen molar-refractivity contribution in [3.8, 4) is 17.1 Å². The van der Waals surface area contributed by atoms with Crippen molar-refractivity contribution in [2.75, 3.05) is 0 Å². The number of phenolic OH excluding ortho intramolecular Hbond substituents is 1. The molecular formula is C12H10BrFN2O2. The second-order valence-electron chi connectivity index (χ2n) is 3.73. The largest absolute Gasteiger partial charge is 0.508 e. The Balaban J connectivity index is 2.64. The number of H-pyrrole nitrogens is 1. The fourth-order valence-electron chi connectivity index (χ4n) is 1.59. The lowest BCUT2D eigenvalue weighted by atomic mass is 10.2. The van der Waals surface area contributed by atoms with E-state index < -0.39 is 5.82 Å². The molecule has 0 radical (unpaired) electrons. The molecule has 1 aromatic carbocycles. The first kappa shape index (κ1) is 12.8. The Morgan fingerprint density at radius 3 is 2.78 bits per heavy atom. The molecule has 94 valence electrons. The Kier molecular flexibility index (Phi) is 3.47. The third-order valence-corrected chi connectivity index (χ3v) is 3.24.